The predicted octanol–water partition coefficient (Wildman–Crippen LogP) is 1.93. The summed E-state index contributed by atoms with van der Waals surface area (Å²) in [6, 6.07) is 0.215. The minimum Gasteiger partial charge on any atom is -0.352 e. The molecular formula is C13H26N2O. The molecule has 16 heavy (non-hydrogen) atoms. The van der Waals surface area contributed by atoms with Gasteiger partial charge in [-0.25, -0.2) is 0 Å². The van der Waals surface area contributed by atoms with Crippen molar-refractivity contribution in [1.29, 1.82) is 0 Å². The Morgan fingerprint density at radius 3 is 2.56 bits per heavy atom. The van der Waals surface area contributed by atoms with E-state index in [9.17, 15) is 4.79 Å². The van der Waals surface area contributed by atoms with Gasteiger partial charge in [-0.1, -0.05) is 27.7 Å². The van der Waals surface area contributed by atoms with E-state index in [1.54, 1.807) is 0 Å². The van der Waals surface area contributed by atoms with Crippen molar-refractivity contribution in [3.63, 3.8) is 0 Å². The first kappa shape index (κ1) is 13.5. The minimum absolute atomic E-state index is 0.00792. The van der Waals surface area contributed by atoms with Crippen LogP contribution in [-0.4, -0.2) is 24.5 Å². The zero-order chi connectivity index (χ0) is 12.3. The first-order chi connectivity index (χ1) is 7.30. The highest BCUT2D eigenvalue weighted by atomic mass is 16.2. The second kappa shape index (κ2) is 5.17. The van der Waals surface area contributed by atoms with E-state index in [4.69, 9.17) is 0 Å². The van der Waals surface area contributed by atoms with Crippen LogP contribution < -0.4 is 10.6 Å². The number of piperidine rings is 1. The molecule has 2 N–H and O–H groups in total. The molecular weight excluding hydrogens is 200 g/mol. The lowest BCUT2D eigenvalue weighted by molar-refractivity contribution is -0.125. The molecule has 94 valence electrons. The van der Waals surface area contributed by atoms with Gasteiger partial charge in [0.2, 0.25) is 5.91 Å². The molecule has 0 aromatic carbocycles. The van der Waals surface area contributed by atoms with Gasteiger partial charge >= 0.3 is 0 Å². The van der Waals surface area contributed by atoms with Crippen LogP contribution in [-0.2, 0) is 4.79 Å². The van der Waals surface area contributed by atoms with Crippen molar-refractivity contribution in [3.05, 3.63) is 0 Å². The van der Waals surface area contributed by atoms with Gasteiger partial charge in [0, 0.05) is 6.04 Å². The summed E-state index contributed by atoms with van der Waals surface area (Å²) in [5, 5.41) is 6.40. The van der Waals surface area contributed by atoms with Crippen LogP contribution in [0.2, 0.25) is 0 Å². The van der Waals surface area contributed by atoms with Gasteiger partial charge in [0.25, 0.3) is 0 Å². The van der Waals surface area contributed by atoms with Gasteiger partial charge in [-0.05, 0) is 37.6 Å². The predicted molar refractivity (Wildman–Crippen MR) is 67.2 cm³/mol. The van der Waals surface area contributed by atoms with E-state index in [0.717, 1.165) is 13.0 Å². The Balaban J connectivity index is 2.46. The number of rotatable bonds is 2. The second-order valence-corrected chi connectivity index (χ2v) is 6.23. The number of carbonyl (C=O) groups is 1. The normalized spacial score (nSPS) is 28.6. The number of hydrogen-bond acceptors (Lipinski definition) is 2. The number of carbonyl (C=O) groups excluding carboxylic acids is 1. The third-order valence-corrected chi connectivity index (χ3v) is 3.64. The second-order valence-electron chi connectivity index (χ2n) is 6.23. The molecule has 0 aromatic rings. The molecule has 1 amide bonds. The molecule has 0 spiro atoms. The monoisotopic (exact) mass is 226 g/mol. The maximum Gasteiger partial charge on any atom is 0.237 e. The third kappa shape index (κ3) is 3.78. The third-order valence-electron chi connectivity index (χ3n) is 3.64. The molecule has 3 nitrogen and oxygen atoms in total. The van der Waals surface area contributed by atoms with Crippen LogP contribution in [0.3, 0.4) is 0 Å². The van der Waals surface area contributed by atoms with Crippen LogP contribution in [0.25, 0.3) is 0 Å². The Morgan fingerprint density at radius 1 is 1.44 bits per heavy atom. The average Bonchev–Trinajstić information content (AvgIpc) is 2.16. The van der Waals surface area contributed by atoms with Gasteiger partial charge in [-0.3, -0.25) is 4.79 Å². The maximum absolute atomic E-state index is 12.0. The molecule has 1 aliphatic heterocycles. The zero-order valence-electron chi connectivity index (χ0n) is 11.3. The standard InChI is InChI=1S/C13H26N2O/c1-9-6-7-14-11(8-9)12(16)15-10(2)13(3,4)5/h9-11,14H,6-8H2,1-5H3,(H,15,16). The molecule has 1 aliphatic rings. The van der Waals surface area contributed by atoms with Crippen LogP contribution in [0, 0.1) is 11.3 Å². The lowest BCUT2D eigenvalue weighted by Gasteiger charge is -2.32. The Morgan fingerprint density at radius 2 is 2.06 bits per heavy atom. The average molecular weight is 226 g/mol. The highest BCUT2D eigenvalue weighted by Crippen LogP contribution is 2.20. The van der Waals surface area contributed by atoms with E-state index < -0.39 is 0 Å². The molecule has 3 atom stereocenters. The summed E-state index contributed by atoms with van der Waals surface area (Å²) >= 11 is 0. The lowest BCUT2D eigenvalue weighted by atomic mass is 9.87. The highest BCUT2D eigenvalue weighted by molar-refractivity contribution is 5.82. The van der Waals surface area contributed by atoms with Crippen molar-refractivity contribution in [2.45, 2.75) is 59.5 Å². The first-order valence-corrected chi connectivity index (χ1v) is 6.34. The summed E-state index contributed by atoms with van der Waals surface area (Å²) in [6.45, 7) is 11.7. The first-order valence-electron chi connectivity index (χ1n) is 6.34. The van der Waals surface area contributed by atoms with E-state index in [0.29, 0.717) is 5.92 Å². The molecule has 0 radical (unpaired) electrons. The SMILES string of the molecule is CC1CCNC(C(=O)NC(C)C(C)(C)C)C1. The van der Waals surface area contributed by atoms with Crippen molar-refractivity contribution < 1.29 is 4.79 Å². The van der Waals surface area contributed by atoms with Crippen LogP contribution in [0.15, 0.2) is 0 Å². The largest absolute Gasteiger partial charge is 0.352 e. The van der Waals surface area contributed by atoms with E-state index >= 15 is 0 Å². The highest BCUT2D eigenvalue weighted by Gasteiger charge is 2.28. The van der Waals surface area contributed by atoms with Gasteiger partial charge in [-0.15, -0.1) is 0 Å². The Kier molecular flexibility index (Phi) is 4.36. The Labute approximate surface area is 99.4 Å². The van der Waals surface area contributed by atoms with Gasteiger partial charge in [0.1, 0.15) is 0 Å². The van der Waals surface area contributed by atoms with Gasteiger partial charge in [-0.2, -0.15) is 0 Å². The van der Waals surface area contributed by atoms with Crippen LogP contribution in [0.1, 0.15) is 47.5 Å². The summed E-state index contributed by atoms with van der Waals surface area (Å²) in [5.41, 5.74) is 0.121. The number of amides is 1. The number of nitrogens with one attached hydrogen (secondary N) is 2. The van der Waals surface area contributed by atoms with Crippen LogP contribution >= 0.6 is 0 Å². The van der Waals surface area contributed by atoms with Crippen molar-refractivity contribution >= 4 is 5.91 Å². The number of hydrogen-bond donors (Lipinski definition) is 2. The summed E-state index contributed by atoms with van der Waals surface area (Å²) in [5.74, 6) is 0.816. The topological polar surface area (TPSA) is 41.1 Å². The summed E-state index contributed by atoms with van der Waals surface area (Å²) in [6.07, 6.45) is 2.14. The van der Waals surface area contributed by atoms with Crippen molar-refractivity contribution in [1.82, 2.24) is 10.6 Å². The fourth-order valence-corrected chi connectivity index (χ4v) is 1.84. The van der Waals surface area contributed by atoms with Crippen LogP contribution in [0.5, 0.6) is 0 Å². The Bertz CT molecular complexity index is 245. The molecule has 0 aliphatic carbocycles. The smallest absolute Gasteiger partial charge is 0.237 e. The molecule has 3 heteroatoms. The summed E-state index contributed by atoms with van der Waals surface area (Å²) in [4.78, 5) is 12.0. The van der Waals surface area contributed by atoms with Gasteiger partial charge in [0.15, 0.2) is 0 Å². The van der Waals surface area contributed by atoms with Crippen molar-refractivity contribution in [2.24, 2.45) is 11.3 Å². The molecule has 1 rings (SSSR count). The van der Waals surface area contributed by atoms with Gasteiger partial charge in [0.05, 0.1) is 6.04 Å². The molecule has 1 saturated heterocycles. The quantitative estimate of drug-likeness (QED) is 0.755. The van der Waals surface area contributed by atoms with Crippen molar-refractivity contribution in [2.75, 3.05) is 6.54 Å². The molecule has 0 bridgehead atoms. The molecule has 0 saturated carbocycles. The minimum atomic E-state index is 0.00792. The molecule has 0 aromatic heterocycles. The zero-order valence-corrected chi connectivity index (χ0v) is 11.3. The van der Waals surface area contributed by atoms with E-state index in [-0.39, 0.29) is 23.4 Å². The van der Waals surface area contributed by atoms with Gasteiger partial charge < -0.3 is 10.6 Å². The molecule has 1 fully saturated rings. The summed E-state index contributed by atoms with van der Waals surface area (Å²) < 4.78 is 0. The fourth-order valence-electron chi connectivity index (χ4n) is 1.84. The summed E-state index contributed by atoms with van der Waals surface area (Å²) in [7, 11) is 0. The van der Waals surface area contributed by atoms with Crippen molar-refractivity contribution in [3.8, 4) is 0 Å². The molecule has 1 heterocycles. The lowest BCUT2D eigenvalue weighted by Crippen LogP contribution is -2.52. The van der Waals surface area contributed by atoms with E-state index in [1.165, 1.54) is 6.42 Å². The Hall–Kier alpha value is -0.570. The van der Waals surface area contributed by atoms with E-state index in [2.05, 4.69) is 45.3 Å². The van der Waals surface area contributed by atoms with Crippen LogP contribution in [0.4, 0.5) is 0 Å². The molecule has 3 unspecified atom stereocenters. The maximum atomic E-state index is 12.0. The fraction of sp³-hybridized carbons (Fsp3) is 0.923. The van der Waals surface area contributed by atoms with E-state index in [1.807, 2.05) is 0 Å².